The summed E-state index contributed by atoms with van der Waals surface area (Å²) in [6.45, 7) is 3.93. The Morgan fingerprint density at radius 3 is 2.67 bits per heavy atom. The van der Waals surface area contributed by atoms with Crippen LogP contribution in [-0.2, 0) is 14.2 Å². The number of phenolic OH excluding ortho intramolecular Hbond substituents is 1. The summed E-state index contributed by atoms with van der Waals surface area (Å²) < 4.78 is 24.3. The van der Waals surface area contributed by atoms with Gasteiger partial charge in [0.2, 0.25) is 5.90 Å². The van der Waals surface area contributed by atoms with E-state index in [1.165, 1.54) is 0 Å². The van der Waals surface area contributed by atoms with Crippen LogP contribution in [0.15, 0.2) is 22.7 Å². The van der Waals surface area contributed by atoms with Crippen LogP contribution in [0, 0.1) is 0 Å². The molecule has 118 valence electrons. The quantitative estimate of drug-likeness (QED) is 0.430. The molecule has 7 heteroatoms. The van der Waals surface area contributed by atoms with Crippen molar-refractivity contribution in [3.8, 4) is 11.5 Å². The zero-order valence-corrected chi connectivity index (χ0v) is 12.9. The maximum atomic E-state index is 10.2. The molecule has 1 aromatic carbocycles. The molecule has 21 heavy (non-hydrogen) atoms. The van der Waals surface area contributed by atoms with Crippen molar-refractivity contribution in [3.63, 3.8) is 0 Å². The normalized spacial score (nSPS) is 11.5. The van der Waals surface area contributed by atoms with Crippen LogP contribution in [0.2, 0.25) is 0 Å². The largest absolute Gasteiger partial charge is 0.504 e. The minimum atomic E-state index is -0.0674. The Labute approximate surface area is 129 Å². The van der Waals surface area contributed by atoms with Gasteiger partial charge in [-0.25, -0.2) is 0 Å². The monoisotopic (exact) mass is 317 g/mol. The van der Waals surface area contributed by atoms with Gasteiger partial charge in [0.1, 0.15) is 6.61 Å². The van der Waals surface area contributed by atoms with Gasteiger partial charge < -0.3 is 24.1 Å². The molecule has 0 bridgehead atoms. The van der Waals surface area contributed by atoms with E-state index in [1.807, 2.05) is 0 Å². The van der Waals surface area contributed by atoms with E-state index in [0.717, 1.165) is 0 Å². The van der Waals surface area contributed by atoms with Gasteiger partial charge in [-0.15, -0.1) is 4.51 Å². The number of hydrogen-bond acceptors (Lipinski definition) is 6. The second kappa shape index (κ2) is 10.3. The van der Waals surface area contributed by atoms with Gasteiger partial charge in [-0.3, -0.25) is 0 Å². The number of phenols is 1. The third kappa shape index (κ3) is 5.79. The highest BCUT2D eigenvalue weighted by molar-refractivity contribution is 6.21. The Balaban J connectivity index is 2.60. The SMILES string of the molecule is CCO/C(=N\Cl)c1cccc(OCCOCCOC)c1O. The fourth-order valence-electron chi connectivity index (χ4n) is 1.55. The number of para-hydroxylation sites is 1. The van der Waals surface area contributed by atoms with Crippen molar-refractivity contribution in [3.05, 3.63) is 23.8 Å². The molecule has 0 amide bonds. The van der Waals surface area contributed by atoms with Crippen LogP contribution in [-0.4, -0.2) is 51.1 Å². The molecule has 0 saturated carbocycles. The maximum Gasteiger partial charge on any atom is 0.237 e. The minimum Gasteiger partial charge on any atom is -0.504 e. The standard InChI is InChI=1S/C14H20ClNO5/c1-3-20-14(16-15)11-5-4-6-12(13(11)17)21-10-9-19-8-7-18-2/h4-6,17H,3,7-10H2,1-2H3/b16-14-. The van der Waals surface area contributed by atoms with Gasteiger partial charge in [0, 0.05) is 18.9 Å². The number of halogens is 1. The number of rotatable bonds is 9. The van der Waals surface area contributed by atoms with Crippen molar-refractivity contribution in [2.45, 2.75) is 6.92 Å². The Hall–Kier alpha value is -1.50. The molecule has 0 aromatic heterocycles. The summed E-state index contributed by atoms with van der Waals surface area (Å²) in [4.78, 5) is 0. The predicted octanol–water partition coefficient (Wildman–Crippen LogP) is 2.37. The van der Waals surface area contributed by atoms with E-state index in [1.54, 1.807) is 32.2 Å². The Bertz CT molecular complexity index is 453. The van der Waals surface area contributed by atoms with Crippen molar-refractivity contribution in [2.24, 2.45) is 4.51 Å². The first-order valence-electron chi connectivity index (χ1n) is 6.58. The summed E-state index contributed by atoms with van der Waals surface area (Å²) in [6.07, 6.45) is 0. The Morgan fingerprint density at radius 1 is 1.24 bits per heavy atom. The first-order valence-corrected chi connectivity index (χ1v) is 6.92. The van der Waals surface area contributed by atoms with Crippen molar-refractivity contribution in [2.75, 3.05) is 40.1 Å². The summed E-state index contributed by atoms with van der Waals surface area (Å²) in [5.74, 6) is 0.404. The lowest BCUT2D eigenvalue weighted by Crippen LogP contribution is -2.11. The van der Waals surface area contributed by atoms with E-state index in [0.29, 0.717) is 44.3 Å². The summed E-state index contributed by atoms with van der Waals surface area (Å²) in [5, 5.41) is 10.2. The lowest BCUT2D eigenvalue weighted by Gasteiger charge is -2.12. The van der Waals surface area contributed by atoms with Crippen LogP contribution in [0.5, 0.6) is 11.5 Å². The molecule has 0 heterocycles. The fourth-order valence-corrected chi connectivity index (χ4v) is 1.69. The molecule has 0 aliphatic heterocycles. The van der Waals surface area contributed by atoms with E-state index in [2.05, 4.69) is 4.51 Å². The first kappa shape index (κ1) is 17.6. The van der Waals surface area contributed by atoms with Gasteiger partial charge in [-0.05, 0) is 19.1 Å². The van der Waals surface area contributed by atoms with Crippen molar-refractivity contribution >= 4 is 17.7 Å². The van der Waals surface area contributed by atoms with E-state index in [9.17, 15) is 5.11 Å². The lowest BCUT2D eigenvalue weighted by atomic mass is 10.2. The van der Waals surface area contributed by atoms with E-state index >= 15 is 0 Å². The van der Waals surface area contributed by atoms with Gasteiger partial charge in [-0.1, -0.05) is 6.07 Å². The molecule has 0 radical (unpaired) electrons. The second-order valence-electron chi connectivity index (χ2n) is 3.93. The highest BCUT2D eigenvalue weighted by Gasteiger charge is 2.14. The van der Waals surface area contributed by atoms with Crippen LogP contribution >= 0.6 is 11.8 Å². The van der Waals surface area contributed by atoms with Crippen molar-refractivity contribution in [1.29, 1.82) is 0 Å². The highest BCUT2D eigenvalue weighted by atomic mass is 35.5. The van der Waals surface area contributed by atoms with Crippen LogP contribution in [0.3, 0.4) is 0 Å². The molecule has 0 fully saturated rings. The molecule has 0 atom stereocenters. The topological polar surface area (TPSA) is 69.5 Å². The average Bonchev–Trinajstić information content (AvgIpc) is 2.50. The molecule has 0 unspecified atom stereocenters. The van der Waals surface area contributed by atoms with Crippen LogP contribution in [0.25, 0.3) is 0 Å². The molecule has 0 aliphatic rings. The van der Waals surface area contributed by atoms with Crippen LogP contribution in [0.1, 0.15) is 12.5 Å². The minimum absolute atomic E-state index is 0.0674. The molecule has 0 saturated heterocycles. The third-order valence-electron chi connectivity index (χ3n) is 2.50. The summed E-state index contributed by atoms with van der Waals surface area (Å²) >= 11 is 5.46. The second-order valence-corrected chi connectivity index (χ2v) is 4.10. The molecule has 1 aromatic rings. The summed E-state index contributed by atoms with van der Waals surface area (Å²) in [7, 11) is 1.61. The van der Waals surface area contributed by atoms with E-state index in [4.69, 9.17) is 30.7 Å². The molecular formula is C14H20ClNO5. The number of aromatic hydroxyl groups is 1. The Morgan fingerprint density at radius 2 is 2.00 bits per heavy atom. The zero-order chi connectivity index (χ0) is 15.5. The van der Waals surface area contributed by atoms with Gasteiger partial charge in [-0.2, -0.15) is 0 Å². The van der Waals surface area contributed by atoms with E-state index < -0.39 is 0 Å². The van der Waals surface area contributed by atoms with E-state index in [-0.39, 0.29) is 11.6 Å². The molecule has 0 spiro atoms. The van der Waals surface area contributed by atoms with Crippen molar-refractivity contribution in [1.82, 2.24) is 0 Å². The number of methoxy groups -OCH3 is 1. The first-order chi connectivity index (χ1) is 10.2. The number of nitrogens with zero attached hydrogens (tertiary/aromatic N) is 1. The fraction of sp³-hybridized carbons (Fsp3) is 0.500. The van der Waals surface area contributed by atoms with Crippen LogP contribution < -0.4 is 4.74 Å². The summed E-state index contributed by atoms with van der Waals surface area (Å²) in [6, 6.07) is 5.01. The zero-order valence-electron chi connectivity index (χ0n) is 12.2. The molecule has 1 N–H and O–H groups in total. The van der Waals surface area contributed by atoms with Gasteiger partial charge >= 0.3 is 0 Å². The number of benzene rings is 1. The van der Waals surface area contributed by atoms with Gasteiger partial charge in [0.25, 0.3) is 0 Å². The molecule has 0 aliphatic carbocycles. The van der Waals surface area contributed by atoms with Gasteiger partial charge in [0.15, 0.2) is 11.5 Å². The van der Waals surface area contributed by atoms with Gasteiger partial charge in [0.05, 0.1) is 32.0 Å². The van der Waals surface area contributed by atoms with Crippen LogP contribution in [0.4, 0.5) is 0 Å². The van der Waals surface area contributed by atoms with Crippen molar-refractivity contribution < 1.29 is 24.1 Å². The third-order valence-corrected chi connectivity index (χ3v) is 2.66. The predicted molar refractivity (Wildman–Crippen MR) is 80.3 cm³/mol. The maximum absolute atomic E-state index is 10.2. The smallest absolute Gasteiger partial charge is 0.237 e. The lowest BCUT2D eigenvalue weighted by molar-refractivity contribution is 0.0540. The number of hydrogen-bond donors (Lipinski definition) is 1. The summed E-state index contributed by atoms with van der Waals surface area (Å²) in [5.41, 5.74) is 0.379. The molecule has 1 rings (SSSR count). The Kier molecular flexibility index (Phi) is 8.57. The average molecular weight is 318 g/mol. The number of ether oxygens (including phenoxy) is 4. The highest BCUT2D eigenvalue weighted by Crippen LogP contribution is 2.30. The molecule has 6 nitrogen and oxygen atoms in total. The molecular weight excluding hydrogens is 298 g/mol.